The van der Waals surface area contributed by atoms with E-state index in [0.29, 0.717) is 10.8 Å². The van der Waals surface area contributed by atoms with Gasteiger partial charge in [-0.05, 0) is 19.1 Å². The van der Waals surface area contributed by atoms with Crippen molar-refractivity contribution < 1.29 is 23.9 Å². The van der Waals surface area contributed by atoms with Gasteiger partial charge in [0.05, 0.1) is 36.9 Å². The number of imidazole rings is 1. The molecule has 0 aliphatic carbocycles. The molecule has 0 fully saturated rings. The molecule has 9 heteroatoms. The van der Waals surface area contributed by atoms with Gasteiger partial charge in [-0.1, -0.05) is 23.9 Å². The van der Waals surface area contributed by atoms with Gasteiger partial charge in [-0.25, -0.2) is 14.6 Å². The van der Waals surface area contributed by atoms with Gasteiger partial charge in [-0.3, -0.25) is 4.79 Å². The average Bonchev–Trinajstić information content (AvgIpc) is 3.09. The van der Waals surface area contributed by atoms with Crippen LogP contribution >= 0.6 is 11.8 Å². The van der Waals surface area contributed by atoms with Crippen molar-refractivity contribution in [2.45, 2.75) is 12.1 Å². The van der Waals surface area contributed by atoms with E-state index in [-0.39, 0.29) is 29.5 Å². The second-order valence-corrected chi connectivity index (χ2v) is 5.66. The van der Waals surface area contributed by atoms with Gasteiger partial charge in [0.15, 0.2) is 5.16 Å². The van der Waals surface area contributed by atoms with Crippen LogP contribution in [0.25, 0.3) is 0 Å². The molecule has 8 nitrogen and oxygen atoms in total. The van der Waals surface area contributed by atoms with Crippen LogP contribution in [-0.4, -0.2) is 47.3 Å². The predicted molar refractivity (Wildman–Crippen MR) is 91.7 cm³/mol. The van der Waals surface area contributed by atoms with Gasteiger partial charge in [-0.15, -0.1) is 0 Å². The highest BCUT2D eigenvalue weighted by Gasteiger charge is 2.15. The number of nitrogens with one attached hydrogen (secondary N) is 2. The molecule has 2 rings (SSSR count). The Balaban J connectivity index is 1.94. The van der Waals surface area contributed by atoms with E-state index in [1.807, 2.05) is 0 Å². The van der Waals surface area contributed by atoms with Gasteiger partial charge in [0, 0.05) is 0 Å². The molecule has 25 heavy (non-hydrogen) atoms. The summed E-state index contributed by atoms with van der Waals surface area (Å²) in [6, 6.07) is 6.55. The molecule has 0 radical (unpaired) electrons. The highest BCUT2D eigenvalue weighted by Crippen LogP contribution is 2.18. The summed E-state index contributed by atoms with van der Waals surface area (Å²) < 4.78 is 9.53. The molecule has 2 N–H and O–H groups in total. The van der Waals surface area contributed by atoms with Crippen LogP contribution in [-0.2, 0) is 14.3 Å². The van der Waals surface area contributed by atoms with Crippen LogP contribution in [0.5, 0.6) is 0 Å². The molecule has 0 spiro atoms. The van der Waals surface area contributed by atoms with E-state index in [1.54, 1.807) is 31.2 Å². The lowest BCUT2D eigenvalue weighted by molar-refractivity contribution is -0.113. The number of aromatic amines is 1. The standard InChI is InChI=1S/C16H17N3O5S/c1-3-24-15(22)12-8-17-16(19-12)25-9-13(20)18-11-7-5-4-6-10(11)14(21)23-2/h4-8H,3,9H2,1-2H3,(H,17,19)(H,18,20). The van der Waals surface area contributed by atoms with Crippen LogP contribution in [0.15, 0.2) is 35.6 Å². The lowest BCUT2D eigenvalue weighted by Gasteiger charge is -2.09. The van der Waals surface area contributed by atoms with E-state index in [2.05, 4.69) is 20.0 Å². The fraction of sp³-hybridized carbons (Fsp3) is 0.250. The van der Waals surface area contributed by atoms with Crippen molar-refractivity contribution >= 4 is 35.3 Å². The number of para-hydroxylation sites is 1. The first kappa shape index (κ1) is 18.5. The van der Waals surface area contributed by atoms with Crippen LogP contribution in [0.4, 0.5) is 5.69 Å². The number of anilines is 1. The lowest BCUT2D eigenvalue weighted by Crippen LogP contribution is -2.17. The number of carbonyl (C=O) groups excluding carboxylic acids is 3. The summed E-state index contributed by atoms with van der Waals surface area (Å²) in [5, 5.41) is 3.07. The number of thioether (sulfide) groups is 1. The van der Waals surface area contributed by atoms with Gasteiger partial charge < -0.3 is 19.8 Å². The smallest absolute Gasteiger partial charge is 0.356 e. The molecule has 1 heterocycles. The number of hydrogen-bond donors (Lipinski definition) is 2. The largest absolute Gasteiger partial charge is 0.465 e. The van der Waals surface area contributed by atoms with E-state index in [0.717, 1.165) is 11.8 Å². The molecule has 1 aromatic carbocycles. The fourth-order valence-electron chi connectivity index (χ4n) is 1.89. The van der Waals surface area contributed by atoms with Gasteiger partial charge in [0.1, 0.15) is 5.69 Å². The Morgan fingerprint density at radius 1 is 1.24 bits per heavy atom. The van der Waals surface area contributed by atoms with Crippen molar-refractivity contribution in [3.8, 4) is 0 Å². The Labute approximate surface area is 148 Å². The van der Waals surface area contributed by atoms with Gasteiger partial charge in [-0.2, -0.15) is 0 Å². The zero-order chi connectivity index (χ0) is 18.2. The number of carbonyl (C=O) groups is 3. The Hall–Kier alpha value is -2.81. The molecule has 0 atom stereocenters. The fourth-order valence-corrected chi connectivity index (χ4v) is 2.54. The molecule has 1 aromatic heterocycles. The number of amides is 1. The minimum absolute atomic E-state index is 0.0469. The first-order chi connectivity index (χ1) is 12.0. The number of benzene rings is 1. The quantitative estimate of drug-likeness (QED) is 0.572. The maximum Gasteiger partial charge on any atom is 0.356 e. The van der Waals surface area contributed by atoms with Crippen LogP contribution in [0, 0.1) is 0 Å². The monoisotopic (exact) mass is 363 g/mol. The number of esters is 2. The number of H-pyrrole nitrogens is 1. The van der Waals surface area contributed by atoms with Gasteiger partial charge in [0.25, 0.3) is 0 Å². The predicted octanol–water partition coefficient (Wildman–Crippen LogP) is 2.10. The Bertz CT molecular complexity index is 775. The summed E-state index contributed by atoms with van der Waals surface area (Å²) in [4.78, 5) is 42.1. The summed E-state index contributed by atoms with van der Waals surface area (Å²) in [5.41, 5.74) is 0.860. The van der Waals surface area contributed by atoms with E-state index in [1.165, 1.54) is 13.3 Å². The summed E-state index contributed by atoms with van der Waals surface area (Å²) >= 11 is 1.12. The van der Waals surface area contributed by atoms with Gasteiger partial charge >= 0.3 is 11.9 Å². The third-order valence-electron chi connectivity index (χ3n) is 2.99. The van der Waals surface area contributed by atoms with Crippen LogP contribution in [0.1, 0.15) is 27.8 Å². The van der Waals surface area contributed by atoms with Crippen molar-refractivity contribution in [2.24, 2.45) is 0 Å². The minimum Gasteiger partial charge on any atom is -0.465 e. The van der Waals surface area contributed by atoms with E-state index < -0.39 is 11.9 Å². The number of rotatable bonds is 7. The van der Waals surface area contributed by atoms with Crippen molar-refractivity contribution in [2.75, 3.05) is 24.8 Å². The first-order valence-electron chi connectivity index (χ1n) is 7.37. The normalized spacial score (nSPS) is 10.2. The zero-order valence-corrected chi connectivity index (χ0v) is 14.5. The molecule has 0 saturated heterocycles. The van der Waals surface area contributed by atoms with Crippen molar-refractivity contribution in [1.29, 1.82) is 0 Å². The first-order valence-corrected chi connectivity index (χ1v) is 8.35. The highest BCUT2D eigenvalue weighted by molar-refractivity contribution is 7.99. The maximum atomic E-state index is 12.1. The van der Waals surface area contributed by atoms with E-state index >= 15 is 0 Å². The third-order valence-corrected chi connectivity index (χ3v) is 3.88. The summed E-state index contributed by atoms with van der Waals surface area (Å²) in [6.07, 6.45) is 1.35. The highest BCUT2D eigenvalue weighted by atomic mass is 32.2. The number of hydrogen-bond acceptors (Lipinski definition) is 7. The Kier molecular flexibility index (Phi) is 6.58. The molecule has 0 aliphatic rings. The molecule has 2 aromatic rings. The minimum atomic E-state index is -0.534. The third kappa shape index (κ3) is 5.08. The van der Waals surface area contributed by atoms with Crippen molar-refractivity contribution in [3.63, 3.8) is 0 Å². The Morgan fingerprint density at radius 3 is 2.72 bits per heavy atom. The van der Waals surface area contributed by atoms with Crippen LogP contribution < -0.4 is 5.32 Å². The molecule has 0 saturated carbocycles. The zero-order valence-electron chi connectivity index (χ0n) is 13.7. The van der Waals surface area contributed by atoms with E-state index in [4.69, 9.17) is 4.74 Å². The average molecular weight is 363 g/mol. The molecule has 0 unspecified atom stereocenters. The summed E-state index contributed by atoms with van der Waals surface area (Å²) in [7, 11) is 1.27. The lowest BCUT2D eigenvalue weighted by atomic mass is 10.2. The molecule has 1 amide bonds. The van der Waals surface area contributed by atoms with Crippen LogP contribution in [0.3, 0.4) is 0 Å². The van der Waals surface area contributed by atoms with Crippen LogP contribution in [0.2, 0.25) is 0 Å². The second kappa shape index (κ2) is 8.88. The van der Waals surface area contributed by atoms with Crippen molar-refractivity contribution in [1.82, 2.24) is 9.97 Å². The van der Waals surface area contributed by atoms with E-state index in [9.17, 15) is 14.4 Å². The Morgan fingerprint density at radius 2 is 2.00 bits per heavy atom. The SMILES string of the molecule is CCOC(=O)c1cnc(SCC(=O)Nc2ccccc2C(=O)OC)[nH]1. The van der Waals surface area contributed by atoms with Gasteiger partial charge in [0.2, 0.25) is 5.91 Å². The topological polar surface area (TPSA) is 110 Å². The summed E-state index contributed by atoms with van der Waals surface area (Å²) in [6.45, 7) is 1.97. The number of methoxy groups -OCH3 is 1. The number of ether oxygens (including phenoxy) is 2. The number of aromatic nitrogens is 2. The molecule has 0 bridgehead atoms. The van der Waals surface area contributed by atoms with Crippen molar-refractivity contribution in [3.05, 3.63) is 41.7 Å². The maximum absolute atomic E-state index is 12.1. The summed E-state index contributed by atoms with van der Waals surface area (Å²) in [5.74, 6) is -1.31. The second-order valence-electron chi connectivity index (χ2n) is 4.70. The molecular formula is C16H17N3O5S. The number of nitrogens with zero attached hydrogens (tertiary/aromatic N) is 1. The molecular weight excluding hydrogens is 346 g/mol. The molecule has 132 valence electrons. The molecule has 0 aliphatic heterocycles.